The minimum absolute atomic E-state index is 0.0191. The summed E-state index contributed by atoms with van der Waals surface area (Å²) >= 11 is 11.5. The van der Waals surface area contributed by atoms with Crippen LogP contribution in [-0.4, -0.2) is 16.3 Å². The molecule has 3 rings (SSSR count). The molecular weight excluding hydrogens is 335 g/mol. The lowest BCUT2D eigenvalue weighted by Gasteiger charge is -2.31. The molecule has 1 aromatic heterocycles. The molecule has 0 N–H and O–H groups in total. The molecule has 0 unspecified atom stereocenters. The van der Waals surface area contributed by atoms with Gasteiger partial charge < -0.3 is 4.90 Å². The Morgan fingerprint density at radius 3 is 2.82 bits per heavy atom. The van der Waals surface area contributed by atoms with Gasteiger partial charge in [0.05, 0.1) is 16.9 Å². The van der Waals surface area contributed by atoms with Gasteiger partial charge in [-0.1, -0.05) is 23.2 Å². The van der Waals surface area contributed by atoms with E-state index in [1.165, 1.54) is 12.3 Å². The number of rotatable bonds is 2. The molecule has 1 aliphatic rings. The number of fused-ring (bicyclic) bond motifs is 1. The molecule has 2 aromatic rings. The molecule has 4 nitrogen and oxygen atoms in total. The highest BCUT2D eigenvalue weighted by Gasteiger charge is 2.23. The predicted octanol–water partition coefficient (Wildman–Crippen LogP) is 3.24. The maximum atomic E-state index is 14.1. The predicted molar refractivity (Wildman–Crippen MR) is 80.5 cm³/mol. The summed E-state index contributed by atoms with van der Waals surface area (Å²) < 4.78 is 28.5. The summed E-state index contributed by atoms with van der Waals surface area (Å²) in [5, 5.41) is 3.84. The topological polar surface area (TPSA) is 38.1 Å². The SMILES string of the molecule is O=c1c(Cl)c(Cl)cnn1CN1CCCc2cc(F)cc(F)c21. The lowest BCUT2D eigenvalue weighted by Crippen LogP contribution is -2.37. The summed E-state index contributed by atoms with van der Waals surface area (Å²) in [6, 6.07) is 2.15. The van der Waals surface area contributed by atoms with Crippen LogP contribution in [0.3, 0.4) is 0 Å². The van der Waals surface area contributed by atoms with E-state index in [2.05, 4.69) is 5.10 Å². The Bertz CT molecular complexity index is 794. The third-order valence-corrected chi connectivity index (χ3v) is 4.29. The van der Waals surface area contributed by atoms with E-state index >= 15 is 0 Å². The van der Waals surface area contributed by atoms with Gasteiger partial charge in [0.25, 0.3) is 5.56 Å². The highest BCUT2D eigenvalue weighted by atomic mass is 35.5. The number of aromatic nitrogens is 2. The van der Waals surface area contributed by atoms with Crippen LogP contribution < -0.4 is 10.5 Å². The molecule has 22 heavy (non-hydrogen) atoms. The van der Waals surface area contributed by atoms with E-state index < -0.39 is 17.2 Å². The van der Waals surface area contributed by atoms with Gasteiger partial charge >= 0.3 is 0 Å². The van der Waals surface area contributed by atoms with Crippen LogP contribution >= 0.6 is 23.2 Å². The van der Waals surface area contributed by atoms with Crippen LogP contribution in [-0.2, 0) is 13.1 Å². The first-order valence-electron chi connectivity index (χ1n) is 6.61. The summed E-state index contributed by atoms with van der Waals surface area (Å²) in [5.74, 6) is -1.26. The number of halogens is 4. The fourth-order valence-corrected chi connectivity index (χ4v) is 2.86. The Hall–Kier alpha value is -1.66. The first-order valence-corrected chi connectivity index (χ1v) is 7.37. The molecule has 0 aliphatic carbocycles. The molecule has 0 spiro atoms. The zero-order chi connectivity index (χ0) is 15.9. The molecule has 0 fully saturated rings. The highest BCUT2D eigenvalue weighted by Crippen LogP contribution is 2.31. The maximum Gasteiger partial charge on any atom is 0.288 e. The van der Waals surface area contributed by atoms with E-state index in [4.69, 9.17) is 23.2 Å². The molecule has 0 bridgehead atoms. The lowest BCUT2D eigenvalue weighted by molar-refractivity contribution is 0.507. The highest BCUT2D eigenvalue weighted by molar-refractivity contribution is 6.41. The number of hydrogen-bond donors (Lipinski definition) is 0. The number of benzene rings is 1. The van der Waals surface area contributed by atoms with Gasteiger partial charge in [0, 0.05) is 12.6 Å². The van der Waals surface area contributed by atoms with Crippen molar-refractivity contribution in [2.75, 3.05) is 11.4 Å². The Kier molecular flexibility index (Phi) is 4.06. The normalized spacial score (nSPS) is 14.1. The summed E-state index contributed by atoms with van der Waals surface area (Å²) in [5.41, 5.74) is 0.327. The van der Waals surface area contributed by atoms with Crippen LogP contribution in [0.15, 0.2) is 23.1 Å². The molecule has 0 saturated carbocycles. The van der Waals surface area contributed by atoms with Gasteiger partial charge in [0.2, 0.25) is 0 Å². The minimum Gasteiger partial charge on any atom is -0.349 e. The van der Waals surface area contributed by atoms with Crippen LogP contribution in [0.2, 0.25) is 10.0 Å². The molecule has 0 atom stereocenters. The van der Waals surface area contributed by atoms with Gasteiger partial charge in [0.1, 0.15) is 23.3 Å². The van der Waals surface area contributed by atoms with Crippen molar-refractivity contribution in [3.63, 3.8) is 0 Å². The average Bonchev–Trinajstić information content (AvgIpc) is 2.47. The summed E-state index contributed by atoms with van der Waals surface area (Å²) in [6.07, 6.45) is 2.58. The van der Waals surface area contributed by atoms with E-state index in [-0.39, 0.29) is 16.7 Å². The van der Waals surface area contributed by atoms with Gasteiger partial charge in [-0.2, -0.15) is 5.10 Å². The monoisotopic (exact) mass is 345 g/mol. The second-order valence-corrected chi connectivity index (χ2v) is 5.80. The third kappa shape index (κ3) is 2.68. The molecule has 1 aromatic carbocycles. The van der Waals surface area contributed by atoms with Crippen molar-refractivity contribution in [1.29, 1.82) is 0 Å². The van der Waals surface area contributed by atoms with Gasteiger partial charge in [-0.15, -0.1) is 0 Å². The first-order chi connectivity index (χ1) is 10.5. The van der Waals surface area contributed by atoms with Crippen molar-refractivity contribution in [3.05, 3.63) is 55.9 Å². The largest absolute Gasteiger partial charge is 0.349 e. The van der Waals surface area contributed by atoms with Crippen LogP contribution in [0.25, 0.3) is 0 Å². The Balaban J connectivity index is 2.00. The van der Waals surface area contributed by atoms with Crippen LogP contribution in [0.5, 0.6) is 0 Å². The van der Waals surface area contributed by atoms with E-state index in [1.54, 1.807) is 4.90 Å². The smallest absolute Gasteiger partial charge is 0.288 e. The molecule has 0 amide bonds. The molecule has 116 valence electrons. The third-order valence-electron chi connectivity index (χ3n) is 3.54. The van der Waals surface area contributed by atoms with Gasteiger partial charge in [-0.25, -0.2) is 13.5 Å². The van der Waals surface area contributed by atoms with E-state index in [1.807, 2.05) is 0 Å². The lowest BCUT2D eigenvalue weighted by atomic mass is 10.0. The second kappa shape index (κ2) is 5.85. The minimum atomic E-state index is -0.650. The van der Waals surface area contributed by atoms with Crippen molar-refractivity contribution in [1.82, 2.24) is 9.78 Å². The van der Waals surface area contributed by atoms with Crippen LogP contribution in [0.1, 0.15) is 12.0 Å². The number of aryl methyl sites for hydroxylation is 1. The molecular formula is C14H11Cl2F2N3O. The fourth-order valence-electron chi connectivity index (χ4n) is 2.58. The van der Waals surface area contributed by atoms with Gasteiger partial charge in [-0.05, 0) is 24.5 Å². The average molecular weight is 346 g/mol. The number of anilines is 1. The second-order valence-electron chi connectivity index (χ2n) is 5.01. The Labute approximate surface area is 134 Å². The Morgan fingerprint density at radius 2 is 2.05 bits per heavy atom. The standard InChI is InChI=1S/C14H11Cl2F2N3O/c15-10-6-19-21(14(22)12(10)16)7-20-3-1-2-8-4-9(17)5-11(18)13(8)20/h4-6H,1-3,7H2. The summed E-state index contributed by atoms with van der Waals surface area (Å²) in [7, 11) is 0. The van der Waals surface area contributed by atoms with Crippen LogP contribution in [0.4, 0.5) is 14.5 Å². The van der Waals surface area contributed by atoms with Crippen molar-refractivity contribution in [3.8, 4) is 0 Å². The molecule has 2 heterocycles. The van der Waals surface area contributed by atoms with Crippen molar-refractivity contribution >= 4 is 28.9 Å². The van der Waals surface area contributed by atoms with Gasteiger partial charge in [0.15, 0.2) is 0 Å². The van der Waals surface area contributed by atoms with Gasteiger partial charge in [-0.3, -0.25) is 4.79 Å². The van der Waals surface area contributed by atoms with E-state index in [0.29, 0.717) is 24.2 Å². The van der Waals surface area contributed by atoms with E-state index in [0.717, 1.165) is 17.2 Å². The molecule has 0 saturated heterocycles. The maximum absolute atomic E-state index is 14.1. The van der Waals surface area contributed by atoms with Crippen molar-refractivity contribution in [2.45, 2.75) is 19.5 Å². The summed E-state index contributed by atoms with van der Waals surface area (Å²) in [6.45, 7) is 0.551. The molecule has 1 aliphatic heterocycles. The number of hydrogen-bond acceptors (Lipinski definition) is 3. The molecule has 8 heteroatoms. The number of nitrogens with zero attached hydrogens (tertiary/aromatic N) is 3. The Morgan fingerprint density at radius 1 is 1.27 bits per heavy atom. The van der Waals surface area contributed by atoms with Crippen molar-refractivity contribution < 1.29 is 8.78 Å². The van der Waals surface area contributed by atoms with Crippen molar-refractivity contribution in [2.24, 2.45) is 0 Å². The quantitative estimate of drug-likeness (QED) is 0.838. The zero-order valence-electron chi connectivity index (χ0n) is 11.3. The molecule has 0 radical (unpaired) electrons. The fraction of sp³-hybridized carbons (Fsp3) is 0.286. The zero-order valence-corrected chi connectivity index (χ0v) is 12.8. The van der Waals surface area contributed by atoms with E-state index in [9.17, 15) is 13.6 Å². The summed E-state index contributed by atoms with van der Waals surface area (Å²) in [4.78, 5) is 13.7. The first kappa shape index (κ1) is 15.2. The van der Waals surface area contributed by atoms with Crippen LogP contribution in [0, 0.1) is 11.6 Å².